The summed E-state index contributed by atoms with van der Waals surface area (Å²) < 4.78 is 2.12. The minimum Gasteiger partial charge on any atom is -0.127 e. The summed E-state index contributed by atoms with van der Waals surface area (Å²) in [4.78, 5) is 0. The van der Waals surface area contributed by atoms with Crippen molar-refractivity contribution in [1.29, 1.82) is 0 Å². The first-order chi connectivity index (χ1) is 6.59. The molecule has 0 unspecified atom stereocenters. The van der Waals surface area contributed by atoms with Crippen molar-refractivity contribution in [2.45, 2.75) is 13.1 Å². The van der Waals surface area contributed by atoms with Gasteiger partial charge in [0.15, 0.2) is 0 Å². The van der Waals surface area contributed by atoms with Crippen molar-refractivity contribution in [3.05, 3.63) is 35.4 Å². The van der Waals surface area contributed by atoms with Gasteiger partial charge in [-0.15, -0.1) is 7.88 Å². The fraction of sp³-hybridized carbons (Fsp3) is 0.250. The Balaban J connectivity index is 2.80. The summed E-state index contributed by atoms with van der Waals surface area (Å²) in [5.74, 6) is 0. The molecule has 0 spiro atoms. The van der Waals surface area contributed by atoms with Crippen LogP contribution in [0.15, 0.2) is 24.3 Å². The van der Waals surface area contributed by atoms with Crippen LogP contribution in [0.5, 0.6) is 0 Å². The largest absolute Gasteiger partial charge is 0.127 e. The zero-order valence-electron chi connectivity index (χ0n) is 7.13. The lowest BCUT2D eigenvalue weighted by Crippen LogP contribution is -2.05. The standard InChI is InChI=1S/C8H8Cl4N2/c9-13(10)5-7-3-1-2-4-8(7)6-14(11)12/h1-4H,5-6H2. The Bertz CT molecular complexity index is 261. The van der Waals surface area contributed by atoms with Crippen LogP contribution < -0.4 is 0 Å². The van der Waals surface area contributed by atoms with Crippen molar-refractivity contribution in [2.24, 2.45) is 0 Å². The predicted octanol–water partition coefficient (Wildman–Crippen LogP) is 3.91. The summed E-state index contributed by atoms with van der Waals surface area (Å²) in [6.45, 7) is 0.863. The number of nitrogens with zero attached hydrogens (tertiary/aromatic N) is 2. The van der Waals surface area contributed by atoms with Crippen LogP contribution in [-0.2, 0) is 13.1 Å². The molecule has 1 aromatic rings. The minimum atomic E-state index is 0.431. The van der Waals surface area contributed by atoms with Crippen LogP contribution in [0.25, 0.3) is 0 Å². The number of benzene rings is 1. The second kappa shape index (κ2) is 6.01. The van der Waals surface area contributed by atoms with Crippen LogP contribution in [0.2, 0.25) is 0 Å². The number of halogens is 4. The third kappa shape index (κ3) is 4.22. The molecule has 0 fully saturated rings. The topological polar surface area (TPSA) is 6.48 Å². The van der Waals surface area contributed by atoms with Crippen molar-refractivity contribution in [1.82, 2.24) is 7.88 Å². The van der Waals surface area contributed by atoms with Gasteiger partial charge in [0.2, 0.25) is 0 Å². The summed E-state index contributed by atoms with van der Waals surface area (Å²) in [7, 11) is 0. The number of hydrogen-bond acceptors (Lipinski definition) is 2. The molecule has 0 aliphatic carbocycles. The Morgan fingerprint density at radius 1 is 0.786 bits per heavy atom. The molecule has 0 aliphatic rings. The Hall–Kier alpha value is 0.300. The highest BCUT2D eigenvalue weighted by atomic mass is 35.5. The van der Waals surface area contributed by atoms with Gasteiger partial charge < -0.3 is 0 Å². The van der Waals surface area contributed by atoms with Gasteiger partial charge in [-0.25, -0.2) is 0 Å². The van der Waals surface area contributed by atoms with E-state index in [0.29, 0.717) is 13.1 Å². The molecular weight excluding hydrogens is 266 g/mol. The van der Waals surface area contributed by atoms with E-state index in [9.17, 15) is 0 Å². The van der Waals surface area contributed by atoms with E-state index < -0.39 is 0 Å². The van der Waals surface area contributed by atoms with E-state index in [1.807, 2.05) is 24.3 Å². The molecule has 0 heterocycles. The second-order valence-corrected chi connectivity index (χ2v) is 4.67. The van der Waals surface area contributed by atoms with Gasteiger partial charge in [-0.05, 0) is 58.2 Å². The Kier molecular flexibility index (Phi) is 5.31. The van der Waals surface area contributed by atoms with Gasteiger partial charge in [0.1, 0.15) is 0 Å². The fourth-order valence-corrected chi connectivity index (χ4v) is 1.64. The summed E-state index contributed by atoms with van der Waals surface area (Å²) in [5.41, 5.74) is 1.98. The molecule has 0 atom stereocenters. The smallest absolute Gasteiger partial charge is 0.0558 e. The Morgan fingerprint density at radius 3 is 1.43 bits per heavy atom. The van der Waals surface area contributed by atoms with Gasteiger partial charge in [-0.2, -0.15) is 0 Å². The highest BCUT2D eigenvalue weighted by Crippen LogP contribution is 2.17. The second-order valence-electron chi connectivity index (χ2n) is 2.69. The van der Waals surface area contributed by atoms with Crippen molar-refractivity contribution in [3.8, 4) is 0 Å². The van der Waals surface area contributed by atoms with E-state index >= 15 is 0 Å². The number of hydrogen-bond donors (Lipinski definition) is 0. The van der Waals surface area contributed by atoms with Gasteiger partial charge in [0, 0.05) is 0 Å². The first-order valence-electron chi connectivity index (χ1n) is 3.84. The van der Waals surface area contributed by atoms with Gasteiger partial charge in [0.05, 0.1) is 13.1 Å². The van der Waals surface area contributed by atoms with Crippen LogP contribution >= 0.6 is 47.1 Å². The van der Waals surface area contributed by atoms with E-state index in [4.69, 9.17) is 47.1 Å². The zero-order chi connectivity index (χ0) is 10.6. The molecule has 6 heteroatoms. The Labute approximate surface area is 103 Å². The first kappa shape index (κ1) is 12.4. The summed E-state index contributed by atoms with van der Waals surface area (Å²) in [6.07, 6.45) is 0. The molecule has 2 nitrogen and oxygen atoms in total. The average molecular weight is 274 g/mol. The summed E-state index contributed by atoms with van der Waals surface area (Å²) >= 11 is 22.2. The Morgan fingerprint density at radius 2 is 1.14 bits per heavy atom. The molecule has 1 rings (SSSR count). The molecular formula is C8H8Cl4N2. The first-order valence-corrected chi connectivity index (χ1v) is 5.20. The van der Waals surface area contributed by atoms with Crippen LogP contribution in [0.4, 0.5) is 0 Å². The van der Waals surface area contributed by atoms with E-state index in [1.54, 1.807) is 0 Å². The molecule has 0 radical (unpaired) electrons. The third-order valence-electron chi connectivity index (χ3n) is 1.70. The molecule has 0 N–H and O–H groups in total. The lowest BCUT2D eigenvalue weighted by Gasteiger charge is -2.11. The molecule has 0 amide bonds. The van der Waals surface area contributed by atoms with Crippen LogP contribution in [0.1, 0.15) is 11.1 Å². The minimum absolute atomic E-state index is 0.431. The number of rotatable bonds is 4. The predicted molar refractivity (Wildman–Crippen MR) is 60.9 cm³/mol. The molecule has 0 aromatic heterocycles. The van der Waals surface area contributed by atoms with E-state index in [1.165, 1.54) is 0 Å². The fourth-order valence-electron chi connectivity index (χ4n) is 1.12. The molecule has 1 aromatic carbocycles. The zero-order valence-corrected chi connectivity index (χ0v) is 10.2. The van der Waals surface area contributed by atoms with Crippen molar-refractivity contribution in [2.75, 3.05) is 0 Å². The SMILES string of the molecule is ClN(Cl)Cc1ccccc1CN(Cl)Cl. The normalized spacial score (nSPS) is 11.3. The van der Waals surface area contributed by atoms with Gasteiger partial charge >= 0.3 is 0 Å². The maximum absolute atomic E-state index is 5.54. The molecule has 14 heavy (non-hydrogen) atoms. The highest BCUT2D eigenvalue weighted by Gasteiger charge is 2.06. The summed E-state index contributed by atoms with van der Waals surface area (Å²) in [6, 6.07) is 7.65. The lowest BCUT2D eigenvalue weighted by atomic mass is 10.1. The van der Waals surface area contributed by atoms with Crippen molar-refractivity contribution >= 4 is 47.1 Å². The van der Waals surface area contributed by atoms with Crippen LogP contribution in [0, 0.1) is 0 Å². The van der Waals surface area contributed by atoms with Gasteiger partial charge in [-0.3, -0.25) is 0 Å². The maximum atomic E-state index is 5.54. The van der Waals surface area contributed by atoms with E-state index in [2.05, 4.69) is 0 Å². The van der Waals surface area contributed by atoms with Crippen molar-refractivity contribution < 1.29 is 0 Å². The molecule has 0 saturated carbocycles. The summed E-state index contributed by atoms with van der Waals surface area (Å²) in [5, 5.41) is 0. The molecule has 0 bridgehead atoms. The monoisotopic (exact) mass is 272 g/mol. The van der Waals surface area contributed by atoms with Crippen LogP contribution in [0.3, 0.4) is 0 Å². The average Bonchev–Trinajstić information content (AvgIpc) is 2.06. The van der Waals surface area contributed by atoms with Crippen molar-refractivity contribution in [3.63, 3.8) is 0 Å². The van der Waals surface area contributed by atoms with Crippen LogP contribution in [-0.4, -0.2) is 7.88 Å². The maximum Gasteiger partial charge on any atom is 0.0558 e. The molecule has 0 saturated heterocycles. The molecule has 0 aliphatic heterocycles. The van der Waals surface area contributed by atoms with Gasteiger partial charge in [0.25, 0.3) is 0 Å². The van der Waals surface area contributed by atoms with E-state index in [-0.39, 0.29) is 0 Å². The third-order valence-corrected chi connectivity index (χ3v) is 2.18. The molecule has 78 valence electrons. The van der Waals surface area contributed by atoms with Gasteiger partial charge in [-0.1, -0.05) is 24.3 Å². The lowest BCUT2D eigenvalue weighted by molar-refractivity contribution is 0.659. The highest BCUT2D eigenvalue weighted by molar-refractivity contribution is 6.34. The van der Waals surface area contributed by atoms with E-state index in [0.717, 1.165) is 19.0 Å². The quantitative estimate of drug-likeness (QED) is 0.768.